The van der Waals surface area contributed by atoms with Crippen molar-refractivity contribution in [1.82, 2.24) is 14.1 Å². The van der Waals surface area contributed by atoms with Gasteiger partial charge < -0.3 is 5.73 Å². The van der Waals surface area contributed by atoms with Gasteiger partial charge in [0, 0.05) is 24.1 Å². The smallest absolute Gasteiger partial charge is 0.332 e. The molecule has 3 aromatic rings. The van der Waals surface area contributed by atoms with E-state index in [9.17, 15) is 14.9 Å². The molecule has 2 aromatic heterocycles. The number of nitrogens with zero attached hydrogens (tertiary/aromatic N) is 4. The fourth-order valence-corrected chi connectivity index (χ4v) is 2.89. The maximum absolute atomic E-state index is 12.7. The average molecular weight is 386 g/mol. The Balaban J connectivity index is 2.65. The standard InChI is InChI=1S/C16H12BrN5O2/c1-21-14-12(15(23)22(2)16(21)24)11(10(7-18)13(19)20-14)8-3-5-9(17)6-4-8/h3-6H,1-2H3,(H2,19,20). The third-order valence-corrected chi connectivity index (χ3v) is 4.39. The monoisotopic (exact) mass is 385 g/mol. The molecule has 24 heavy (non-hydrogen) atoms. The van der Waals surface area contributed by atoms with Crippen molar-refractivity contribution in [1.29, 1.82) is 5.26 Å². The molecule has 0 aliphatic carbocycles. The van der Waals surface area contributed by atoms with Crippen molar-refractivity contribution in [3.63, 3.8) is 0 Å². The lowest BCUT2D eigenvalue weighted by Gasteiger charge is -2.13. The fourth-order valence-electron chi connectivity index (χ4n) is 2.62. The van der Waals surface area contributed by atoms with E-state index in [1.165, 1.54) is 18.7 Å². The number of pyridine rings is 1. The number of nitriles is 1. The number of nitrogens with two attached hydrogens (primary N) is 1. The molecule has 0 aliphatic heterocycles. The molecule has 3 rings (SSSR count). The van der Waals surface area contributed by atoms with Crippen LogP contribution in [0.3, 0.4) is 0 Å². The zero-order valence-corrected chi connectivity index (χ0v) is 14.5. The van der Waals surface area contributed by atoms with Gasteiger partial charge in [0.15, 0.2) is 5.65 Å². The first-order valence-electron chi connectivity index (χ1n) is 6.92. The lowest BCUT2D eigenvalue weighted by Crippen LogP contribution is -2.37. The van der Waals surface area contributed by atoms with Gasteiger partial charge in [-0.05, 0) is 17.7 Å². The number of hydrogen-bond donors (Lipinski definition) is 1. The Morgan fingerprint density at radius 1 is 1.17 bits per heavy atom. The number of hydrogen-bond acceptors (Lipinski definition) is 5. The number of halogens is 1. The van der Waals surface area contributed by atoms with Gasteiger partial charge in [-0.15, -0.1) is 0 Å². The number of rotatable bonds is 1. The second-order valence-electron chi connectivity index (χ2n) is 5.27. The van der Waals surface area contributed by atoms with E-state index in [1.54, 1.807) is 24.3 Å². The van der Waals surface area contributed by atoms with Crippen molar-refractivity contribution < 1.29 is 0 Å². The molecule has 7 nitrogen and oxygen atoms in total. The van der Waals surface area contributed by atoms with Crippen molar-refractivity contribution >= 4 is 32.8 Å². The van der Waals surface area contributed by atoms with Gasteiger partial charge in [-0.3, -0.25) is 13.9 Å². The summed E-state index contributed by atoms with van der Waals surface area (Å²) in [5.41, 5.74) is 6.16. The summed E-state index contributed by atoms with van der Waals surface area (Å²) >= 11 is 3.35. The summed E-state index contributed by atoms with van der Waals surface area (Å²) in [6.45, 7) is 0. The zero-order valence-electron chi connectivity index (χ0n) is 12.9. The van der Waals surface area contributed by atoms with E-state index in [0.717, 1.165) is 9.04 Å². The van der Waals surface area contributed by atoms with Crippen molar-refractivity contribution in [3.8, 4) is 17.2 Å². The summed E-state index contributed by atoms with van der Waals surface area (Å²) in [7, 11) is 2.89. The SMILES string of the molecule is Cn1c(=O)c2c(-c3ccc(Br)cc3)c(C#N)c(N)nc2n(C)c1=O. The van der Waals surface area contributed by atoms with Crippen LogP contribution >= 0.6 is 15.9 Å². The van der Waals surface area contributed by atoms with Crippen molar-refractivity contribution in [2.45, 2.75) is 0 Å². The largest absolute Gasteiger partial charge is 0.383 e. The van der Waals surface area contributed by atoms with Crippen molar-refractivity contribution in [2.75, 3.05) is 5.73 Å². The van der Waals surface area contributed by atoms with Gasteiger partial charge in [-0.2, -0.15) is 5.26 Å². The van der Waals surface area contributed by atoms with Gasteiger partial charge in [0.1, 0.15) is 17.5 Å². The Hall–Kier alpha value is -2.92. The Bertz CT molecular complexity index is 1140. The van der Waals surface area contributed by atoms with Crippen LogP contribution in [0.1, 0.15) is 5.56 Å². The molecule has 2 heterocycles. The minimum atomic E-state index is -0.519. The van der Waals surface area contributed by atoms with Crippen LogP contribution in [-0.2, 0) is 14.1 Å². The van der Waals surface area contributed by atoms with Crippen LogP contribution in [0.4, 0.5) is 5.82 Å². The molecule has 1 aromatic carbocycles. The fraction of sp³-hybridized carbons (Fsp3) is 0.125. The van der Waals surface area contributed by atoms with Crippen molar-refractivity contribution in [2.24, 2.45) is 14.1 Å². The lowest BCUT2D eigenvalue weighted by molar-refractivity contribution is 0.708. The number of aromatic nitrogens is 3. The summed E-state index contributed by atoms with van der Waals surface area (Å²) in [5, 5.41) is 9.69. The Kier molecular flexibility index (Phi) is 3.73. The highest BCUT2D eigenvalue weighted by Gasteiger charge is 2.21. The molecule has 0 fully saturated rings. The summed E-state index contributed by atoms with van der Waals surface area (Å²) in [4.78, 5) is 28.9. The van der Waals surface area contributed by atoms with Crippen LogP contribution in [0.25, 0.3) is 22.2 Å². The average Bonchev–Trinajstić information content (AvgIpc) is 2.57. The van der Waals surface area contributed by atoms with E-state index >= 15 is 0 Å². The second kappa shape index (κ2) is 5.62. The van der Waals surface area contributed by atoms with E-state index in [4.69, 9.17) is 5.73 Å². The van der Waals surface area contributed by atoms with Crippen LogP contribution < -0.4 is 17.0 Å². The molecule has 0 aliphatic rings. The quantitative estimate of drug-likeness (QED) is 0.683. The predicted octanol–water partition coefficient (Wildman–Crippen LogP) is 1.52. The highest BCUT2D eigenvalue weighted by Crippen LogP contribution is 2.32. The van der Waals surface area contributed by atoms with Gasteiger partial charge in [0.2, 0.25) is 0 Å². The topological polar surface area (TPSA) is 107 Å². The molecule has 2 N–H and O–H groups in total. The number of benzene rings is 1. The molecule has 0 unspecified atom stereocenters. The third kappa shape index (κ3) is 2.21. The van der Waals surface area contributed by atoms with Crippen LogP contribution in [0.15, 0.2) is 38.3 Å². The van der Waals surface area contributed by atoms with Crippen molar-refractivity contribution in [3.05, 3.63) is 55.1 Å². The number of anilines is 1. The molecular weight excluding hydrogens is 374 g/mol. The van der Waals surface area contributed by atoms with Gasteiger partial charge in [-0.25, -0.2) is 9.78 Å². The maximum atomic E-state index is 12.7. The molecule has 0 saturated carbocycles. The highest BCUT2D eigenvalue weighted by molar-refractivity contribution is 9.10. The molecule has 0 saturated heterocycles. The number of nitrogen functional groups attached to an aromatic ring is 1. The first-order valence-corrected chi connectivity index (χ1v) is 7.71. The first-order chi connectivity index (χ1) is 11.4. The van der Waals surface area contributed by atoms with E-state index < -0.39 is 11.2 Å². The highest BCUT2D eigenvalue weighted by atomic mass is 79.9. The number of fused-ring (bicyclic) bond motifs is 1. The van der Waals surface area contributed by atoms with E-state index in [2.05, 4.69) is 20.9 Å². The molecule has 120 valence electrons. The molecule has 0 amide bonds. The summed E-state index contributed by atoms with van der Waals surface area (Å²) in [5.74, 6) is -0.0221. The molecule has 0 radical (unpaired) electrons. The van der Waals surface area contributed by atoms with Gasteiger partial charge >= 0.3 is 5.69 Å². The lowest BCUT2D eigenvalue weighted by atomic mass is 9.98. The van der Waals surface area contributed by atoms with Crippen LogP contribution in [-0.4, -0.2) is 14.1 Å². The van der Waals surface area contributed by atoms with Crippen LogP contribution in [0, 0.1) is 11.3 Å². The molecular formula is C16H12BrN5O2. The minimum Gasteiger partial charge on any atom is -0.383 e. The molecule has 0 atom stereocenters. The van der Waals surface area contributed by atoms with E-state index in [-0.39, 0.29) is 22.4 Å². The first kappa shape index (κ1) is 16.0. The summed E-state index contributed by atoms with van der Waals surface area (Å²) in [6.07, 6.45) is 0. The molecule has 0 spiro atoms. The Morgan fingerprint density at radius 3 is 2.38 bits per heavy atom. The summed E-state index contributed by atoms with van der Waals surface area (Å²) in [6, 6.07) is 9.14. The molecule has 8 heteroatoms. The maximum Gasteiger partial charge on any atom is 0.332 e. The molecule has 0 bridgehead atoms. The predicted molar refractivity (Wildman–Crippen MR) is 94.5 cm³/mol. The summed E-state index contributed by atoms with van der Waals surface area (Å²) < 4.78 is 3.09. The van der Waals surface area contributed by atoms with Gasteiger partial charge in [0.05, 0.1) is 5.39 Å². The van der Waals surface area contributed by atoms with E-state index in [1.807, 2.05) is 6.07 Å². The Labute approximate surface area is 144 Å². The normalized spacial score (nSPS) is 10.8. The number of aryl methyl sites for hydroxylation is 1. The van der Waals surface area contributed by atoms with Gasteiger partial charge in [-0.1, -0.05) is 28.1 Å². The minimum absolute atomic E-state index is 0.0221. The Morgan fingerprint density at radius 2 is 1.79 bits per heavy atom. The third-order valence-electron chi connectivity index (χ3n) is 3.86. The second-order valence-corrected chi connectivity index (χ2v) is 6.19. The zero-order chi connectivity index (χ0) is 17.6. The van der Waals surface area contributed by atoms with Crippen LogP contribution in [0.2, 0.25) is 0 Å². The van der Waals surface area contributed by atoms with Crippen LogP contribution in [0.5, 0.6) is 0 Å². The van der Waals surface area contributed by atoms with Gasteiger partial charge in [0.25, 0.3) is 5.56 Å². The van der Waals surface area contributed by atoms with E-state index in [0.29, 0.717) is 11.1 Å².